The molecule has 0 radical (unpaired) electrons. The summed E-state index contributed by atoms with van der Waals surface area (Å²) < 4.78 is 5.35. The van der Waals surface area contributed by atoms with E-state index in [0.717, 1.165) is 12.4 Å². The van der Waals surface area contributed by atoms with Gasteiger partial charge in [-0.15, -0.1) is 0 Å². The van der Waals surface area contributed by atoms with Gasteiger partial charge in [0, 0.05) is 19.2 Å². The van der Waals surface area contributed by atoms with Gasteiger partial charge in [0.2, 0.25) is 0 Å². The zero-order valence-corrected chi connectivity index (χ0v) is 12.9. The minimum absolute atomic E-state index is 0.398. The Bertz CT molecular complexity index is 433. The second kappa shape index (κ2) is 8.11. The van der Waals surface area contributed by atoms with Crippen LogP contribution in [0.1, 0.15) is 25.6 Å². The lowest BCUT2D eigenvalue weighted by molar-refractivity contribution is 0.128. The largest absolute Gasteiger partial charge is 0.374 e. The average Bonchev–Trinajstić information content (AvgIpc) is 2.52. The zero-order valence-electron chi connectivity index (χ0n) is 12.9. The first-order chi connectivity index (χ1) is 10.2. The summed E-state index contributed by atoms with van der Waals surface area (Å²) in [5.41, 5.74) is 2.57. The number of likely N-dealkylation sites (tertiary alicyclic amines) is 1. The molecule has 0 aromatic carbocycles. The molecule has 4 N–H and O–H groups in total. The number of hydrogen-bond donors (Lipinski definition) is 3. The van der Waals surface area contributed by atoms with Crippen LogP contribution in [0.25, 0.3) is 0 Å². The number of hydrogen-bond acceptors (Lipinski definition) is 7. The van der Waals surface area contributed by atoms with Crippen LogP contribution in [0.5, 0.6) is 0 Å². The molecule has 0 spiro atoms. The molecule has 1 fully saturated rings. The van der Waals surface area contributed by atoms with E-state index in [1.807, 2.05) is 13.0 Å². The number of aromatic nitrogens is 2. The van der Waals surface area contributed by atoms with Crippen molar-refractivity contribution in [2.45, 2.75) is 26.4 Å². The van der Waals surface area contributed by atoms with E-state index in [0.29, 0.717) is 30.8 Å². The molecule has 7 heteroatoms. The average molecular weight is 294 g/mol. The van der Waals surface area contributed by atoms with Crippen LogP contribution in [0, 0.1) is 5.92 Å². The van der Waals surface area contributed by atoms with Gasteiger partial charge < -0.3 is 20.4 Å². The molecule has 2 heterocycles. The Balaban J connectivity index is 1.91. The zero-order chi connectivity index (χ0) is 15.1. The van der Waals surface area contributed by atoms with Crippen molar-refractivity contribution in [3.8, 4) is 0 Å². The summed E-state index contributed by atoms with van der Waals surface area (Å²) in [6.07, 6.45) is 2.45. The predicted molar refractivity (Wildman–Crippen MR) is 83.9 cm³/mol. The van der Waals surface area contributed by atoms with Gasteiger partial charge in [-0.3, -0.25) is 0 Å². The molecule has 1 aromatic rings. The third-order valence-electron chi connectivity index (χ3n) is 3.77. The van der Waals surface area contributed by atoms with Crippen LogP contribution in [-0.4, -0.2) is 48.2 Å². The highest BCUT2D eigenvalue weighted by Crippen LogP contribution is 2.17. The van der Waals surface area contributed by atoms with E-state index in [1.165, 1.54) is 25.9 Å². The molecule has 2 rings (SSSR count). The van der Waals surface area contributed by atoms with Crippen molar-refractivity contribution in [3.63, 3.8) is 0 Å². The summed E-state index contributed by atoms with van der Waals surface area (Å²) in [6.45, 7) is 6.26. The maximum atomic E-state index is 5.46. The van der Waals surface area contributed by atoms with Crippen LogP contribution in [0.3, 0.4) is 0 Å². The topological polar surface area (TPSA) is 88.3 Å². The molecule has 0 unspecified atom stereocenters. The highest BCUT2D eigenvalue weighted by molar-refractivity contribution is 5.46. The first kappa shape index (κ1) is 15.9. The number of ether oxygens (including phenoxy) is 1. The Morgan fingerprint density at radius 2 is 2.05 bits per heavy atom. The number of nitrogens with one attached hydrogen (secondary N) is 2. The Morgan fingerprint density at radius 1 is 1.33 bits per heavy atom. The summed E-state index contributed by atoms with van der Waals surface area (Å²) >= 11 is 0. The minimum atomic E-state index is 0.398. The monoisotopic (exact) mass is 294 g/mol. The lowest BCUT2D eigenvalue weighted by Crippen LogP contribution is -2.33. The van der Waals surface area contributed by atoms with Crippen LogP contribution >= 0.6 is 0 Å². The van der Waals surface area contributed by atoms with Gasteiger partial charge in [0.1, 0.15) is 18.2 Å². The quantitative estimate of drug-likeness (QED) is 0.512. The molecule has 7 nitrogen and oxygen atoms in total. The fraction of sp³-hybridized carbons (Fsp3) is 0.714. The maximum Gasteiger partial charge on any atom is 0.158 e. The van der Waals surface area contributed by atoms with Crippen molar-refractivity contribution < 1.29 is 4.74 Å². The summed E-state index contributed by atoms with van der Waals surface area (Å²) in [6, 6.07) is 1.82. The highest BCUT2D eigenvalue weighted by atomic mass is 16.5. The molecule has 0 amide bonds. The third-order valence-corrected chi connectivity index (χ3v) is 3.77. The Hall–Kier alpha value is -1.44. The number of nitrogen functional groups attached to an aromatic ring is 1. The molecule has 0 atom stereocenters. The summed E-state index contributed by atoms with van der Waals surface area (Å²) in [5.74, 6) is 8.19. The maximum absolute atomic E-state index is 5.46. The molecule has 118 valence electrons. The smallest absolute Gasteiger partial charge is 0.158 e. The number of nitrogens with zero attached hydrogens (tertiary/aromatic N) is 3. The van der Waals surface area contributed by atoms with Crippen molar-refractivity contribution >= 4 is 11.6 Å². The Labute approximate surface area is 126 Å². The lowest BCUT2D eigenvalue weighted by Gasteiger charge is -2.29. The molecule has 0 aliphatic carbocycles. The van der Waals surface area contributed by atoms with Crippen LogP contribution in [0.15, 0.2) is 6.07 Å². The molecule has 21 heavy (non-hydrogen) atoms. The molecule has 0 saturated carbocycles. The number of piperidine rings is 1. The molecule has 1 saturated heterocycles. The first-order valence-corrected chi connectivity index (χ1v) is 7.56. The first-order valence-electron chi connectivity index (χ1n) is 7.56. The van der Waals surface area contributed by atoms with Crippen LogP contribution in [0.2, 0.25) is 0 Å². The van der Waals surface area contributed by atoms with Crippen molar-refractivity contribution in [3.05, 3.63) is 11.9 Å². The summed E-state index contributed by atoms with van der Waals surface area (Å²) in [4.78, 5) is 11.1. The van der Waals surface area contributed by atoms with Crippen molar-refractivity contribution in [2.75, 3.05) is 44.0 Å². The van der Waals surface area contributed by atoms with Gasteiger partial charge in [0.05, 0.1) is 0 Å². The van der Waals surface area contributed by atoms with E-state index >= 15 is 0 Å². The van der Waals surface area contributed by atoms with Gasteiger partial charge in [0.15, 0.2) is 5.82 Å². The Kier molecular flexibility index (Phi) is 6.16. The van der Waals surface area contributed by atoms with E-state index in [4.69, 9.17) is 10.6 Å². The summed E-state index contributed by atoms with van der Waals surface area (Å²) in [7, 11) is 2.17. The van der Waals surface area contributed by atoms with E-state index < -0.39 is 0 Å². The van der Waals surface area contributed by atoms with E-state index in [9.17, 15) is 0 Å². The lowest BCUT2D eigenvalue weighted by atomic mass is 9.97. The second-order valence-electron chi connectivity index (χ2n) is 5.46. The van der Waals surface area contributed by atoms with Crippen molar-refractivity contribution in [1.82, 2.24) is 14.9 Å². The van der Waals surface area contributed by atoms with Crippen LogP contribution in [0.4, 0.5) is 11.6 Å². The number of rotatable bonds is 7. The van der Waals surface area contributed by atoms with E-state index in [-0.39, 0.29) is 0 Å². The van der Waals surface area contributed by atoms with Gasteiger partial charge in [-0.1, -0.05) is 0 Å². The highest BCUT2D eigenvalue weighted by Gasteiger charge is 2.16. The normalized spacial score (nSPS) is 16.9. The fourth-order valence-corrected chi connectivity index (χ4v) is 2.43. The second-order valence-corrected chi connectivity index (χ2v) is 5.46. The van der Waals surface area contributed by atoms with Crippen molar-refractivity contribution in [1.29, 1.82) is 0 Å². The predicted octanol–water partition coefficient (Wildman–Crippen LogP) is 1.05. The van der Waals surface area contributed by atoms with Gasteiger partial charge >= 0.3 is 0 Å². The third kappa shape index (κ3) is 5.11. The van der Waals surface area contributed by atoms with Gasteiger partial charge in [-0.05, 0) is 45.8 Å². The van der Waals surface area contributed by atoms with Crippen LogP contribution < -0.4 is 16.6 Å². The molecule has 1 aliphatic rings. The SMILES string of the molecule is CCOCc1nc(NN)cc(NCC2CCN(C)CC2)n1. The van der Waals surface area contributed by atoms with Crippen LogP contribution in [-0.2, 0) is 11.3 Å². The Morgan fingerprint density at radius 3 is 2.71 bits per heavy atom. The molecule has 1 aliphatic heterocycles. The van der Waals surface area contributed by atoms with Gasteiger partial charge in [0.25, 0.3) is 0 Å². The number of anilines is 2. The number of nitrogens with two attached hydrogens (primary N) is 1. The molecule has 0 bridgehead atoms. The van der Waals surface area contributed by atoms with Crippen molar-refractivity contribution in [2.24, 2.45) is 11.8 Å². The minimum Gasteiger partial charge on any atom is -0.374 e. The molecular weight excluding hydrogens is 268 g/mol. The molecule has 1 aromatic heterocycles. The fourth-order valence-electron chi connectivity index (χ4n) is 2.43. The van der Waals surface area contributed by atoms with E-state index in [1.54, 1.807) is 0 Å². The summed E-state index contributed by atoms with van der Waals surface area (Å²) in [5, 5.41) is 3.40. The number of hydrazine groups is 1. The van der Waals surface area contributed by atoms with Gasteiger partial charge in [-0.25, -0.2) is 15.8 Å². The van der Waals surface area contributed by atoms with E-state index in [2.05, 4.69) is 32.7 Å². The molecular formula is C14H26N6O. The van der Waals surface area contributed by atoms with Gasteiger partial charge in [-0.2, -0.15) is 0 Å². The standard InChI is InChI=1S/C14H26N6O/c1-3-21-10-14-17-12(8-13(18-14)19-15)16-9-11-4-6-20(2)7-5-11/h8,11H,3-7,9-10,15H2,1-2H3,(H2,16,17,18,19).